The van der Waals surface area contributed by atoms with E-state index in [2.05, 4.69) is 0 Å². The monoisotopic (exact) mass is 234 g/mol. The summed E-state index contributed by atoms with van der Waals surface area (Å²) < 4.78 is 11.2. The Kier molecular flexibility index (Phi) is 4.74. The van der Waals surface area contributed by atoms with Gasteiger partial charge >= 0.3 is 0 Å². The van der Waals surface area contributed by atoms with Crippen LogP contribution in [-0.4, -0.2) is 30.5 Å². The number of hydrogen-bond donors (Lipinski definition) is 1. The maximum absolute atomic E-state index is 9.01. The molecule has 1 heterocycles. The topological polar surface area (TPSA) is 38.7 Å². The molecule has 0 amide bonds. The molecule has 0 aromatic heterocycles. The quantitative estimate of drug-likeness (QED) is 0.791. The van der Waals surface area contributed by atoms with Crippen LogP contribution in [0.15, 0.2) is 42.5 Å². The smallest absolute Gasteiger partial charge is 0.0994 e. The van der Waals surface area contributed by atoms with Gasteiger partial charge in [-0.15, -0.1) is 0 Å². The second kappa shape index (κ2) is 6.55. The van der Waals surface area contributed by atoms with Crippen molar-refractivity contribution in [3.05, 3.63) is 48.0 Å². The van der Waals surface area contributed by atoms with Gasteiger partial charge in [-0.25, -0.2) is 0 Å². The van der Waals surface area contributed by atoms with Crippen molar-refractivity contribution < 1.29 is 14.6 Å². The highest BCUT2D eigenvalue weighted by Crippen LogP contribution is 2.12. The van der Waals surface area contributed by atoms with E-state index in [0.29, 0.717) is 13.2 Å². The first-order chi connectivity index (χ1) is 8.38. The first-order valence-electron chi connectivity index (χ1n) is 5.93. The molecule has 0 spiro atoms. The molecule has 1 aliphatic rings. The third-order valence-electron chi connectivity index (χ3n) is 2.71. The van der Waals surface area contributed by atoms with Crippen LogP contribution in [0.5, 0.6) is 0 Å². The van der Waals surface area contributed by atoms with E-state index in [1.165, 1.54) is 0 Å². The Morgan fingerprint density at radius 2 is 2.12 bits per heavy atom. The zero-order valence-electron chi connectivity index (χ0n) is 9.79. The average molecular weight is 234 g/mol. The molecular weight excluding hydrogens is 216 g/mol. The van der Waals surface area contributed by atoms with Crippen molar-refractivity contribution >= 4 is 0 Å². The van der Waals surface area contributed by atoms with Crippen LogP contribution in [0, 0.1) is 0 Å². The van der Waals surface area contributed by atoms with Gasteiger partial charge in [0.2, 0.25) is 0 Å². The van der Waals surface area contributed by atoms with E-state index in [1.807, 2.05) is 42.5 Å². The predicted molar refractivity (Wildman–Crippen MR) is 65.6 cm³/mol. The molecule has 1 aromatic rings. The molecule has 3 nitrogen and oxygen atoms in total. The van der Waals surface area contributed by atoms with E-state index >= 15 is 0 Å². The zero-order valence-corrected chi connectivity index (χ0v) is 9.79. The first kappa shape index (κ1) is 12.3. The van der Waals surface area contributed by atoms with Crippen LogP contribution in [0.1, 0.15) is 12.0 Å². The summed E-state index contributed by atoms with van der Waals surface area (Å²) in [5.74, 6) is 0. The lowest BCUT2D eigenvalue weighted by Gasteiger charge is -2.24. The van der Waals surface area contributed by atoms with Gasteiger partial charge in [-0.2, -0.15) is 0 Å². The van der Waals surface area contributed by atoms with Gasteiger partial charge in [0.1, 0.15) is 0 Å². The second-order valence-electron chi connectivity index (χ2n) is 4.14. The second-order valence-corrected chi connectivity index (χ2v) is 4.14. The van der Waals surface area contributed by atoms with Gasteiger partial charge in [0, 0.05) is 0 Å². The average Bonchev–Trinajstić information content (AvgIpc) is 2.40. The Bertz CT molecular complexity index is 348. The van der Waals surface area contributed by atoms with Crippen molar-refractivity contribution in [2.75, 3.05) is 13.2 Å². The van der Waals surface area contributed by atoms with E-state index in [0.717, 1.165) is 12.0 Å². The number of aliphatic hydroxyl groups excluding tert-OH is 1. The van der Waals surface area contributed by atoms with Crippen molar-refractivity contribution in [2.24, 2.45) is 0 Å². The van der Waals surface area contributed by atoms with Crippen molar-refractivity contribution in [1.29, 1.82) is 0 Å². The maximum Gasteiger partial charge on any atom is 0.0994 e. The van der Waals surface area contributed by atoms with Gasteiger partial charge in [-0.3, -0.25) is 0 Å². The molecule has 1 N–H and O–H groups in total. The highest BCUT2D eigenvalue weighted by Gasteiger charge is 2.17. The molecule has 0 saturated carbocycles. The highest BCUT2D eigenvalue weighted by atomic mass is 16.5. The molecule has 1 aliphatic heterocycles. The van der Waals surface area contributed by atoms with Gasteiger partial charge in [-0.1, -0.05) is 42.5 Å². The highest BCUT2D eigenvalue weighted by molar-refractivity contribution is 5.13. The molecule has 2 atom stereocenters. The van der Waals surface area contributed by atoms with Crippen LogP contribution in [0.4, 0.5) is 0 Å². The minimum Gasteiger partial charge on any atom is -0.394 e. The van der Waals surface area contributed by atoms with Gasteiger partial charge in [0.25, 0.3) is 0 Å². The fourth-order valence-corrected chi connectivity index (χ4v) is 1.81. The van der Waals surface area contributed by atoms with E-state index in [9.17, 15) is 0 Å². The SMILES string of the molecule is OC[C@H]1CC=C[C@@H](COCc2ccccc2)O1. The van der Waals surface area contributed by atoms with Crippen molar-refractivity contribution in [2.45, 2.75) is 25.2 Å². The number of hydrogen-bond acceptors (Lipinski definition) is 3. The van der Waals surface area contributed by atoms with Crippen LogP contribution < -0.4 is 0 Å². The minimum atomic E-state index is -0.0784. The summed E-state index contributed by atoms with van der Waals surface area (Å²) in [6, 6.07) is 10.1. The van der Waals surface area contributed by atoms with E-state index in [4.69, 9.17) is 14.6 Å². The summed E-state index contributed by atoms with van der Waals surface area (Å²) >= 11 is 0. The van der Waals surface area contributed by atoms with Gasteiger partial charge in [0.05, 0.1) is 32.0 Å². The van der Waals surface area contributed by atoms with Gasteiger partial charge < -0.3 is 14.6 Å². The number of benzene rings is 1. The molecule has 0 fully saturated rings. The summed E-state index contributed by atoms with van der Waals surface area (Å²) in [6.07, 6.45) is 4.71. The molecule has 92 valence electrons. The van der Waals surface area contributed by atoms with Crippen LogP contribution in [0.2, 0.25) is 0 Å². The molecule has 2 rings (SSSR count). The van der Waals surface area contributed by atoms with Crippen molar-refractivity contribution in [1.82, 2.24) is 0 Å². The Morgan fingerprint density at radius 3 is 2.88 bits per heavy atom. The largest absolute Gasteiger partial charge is 0.394 e. The molecule has 0 saturated heterocycles. The summed E-state index contributed by atoms with van der Waals surface area (Å²) in [5, 5.41) is 9.01. The van der Waals surface area contributed by atoms with Crippen LogP contribution in [0.3, 0.4) is 0 Å². The molecule has 1 aromatic carbocycles. The molecule has 0 unspecified atom stereocenters. The molecule has 0 aliphatic carbocycles. The van der Waals surface area contributed by atoms with Gasteiger partial charge in [-0.05, 0) is 12.0 Å². The molecule has 0 bridgehead atoms. The molecular formula is C14H18O3. The Balaban J connectivity index is 1.72. The van der Waals surface area contributed by atoms with Crippen LogP contribution in [-0.2, 0) is 16.1 Å². The van der Waals surface area contributed by atoms with Crippen molar-refractivity contribution in [3.8, 4) is 0 Å². The lowest BCUT2D eigenvalue weighted by atomic mass is 10.1. The fourth-order valence-electron chi connectivity index (χ4n) is 1.81. The summed E-state index contributed by atoms with van der Waals surface area (Å²) in [4.78, 5) is 0. The first-order valence-corrected chi connectivity index (χ1v) is 5.93. The predicted octanol–water partition coefficient (Wildman–Crippen LogP) is 1.91. The third kappa shape index (κ3) is 3.97. The fraction of sp³-hybridized carbons (Fsp3) is 0.429. The molecule has 0 radical (unpaired) electrons. The van der Waals surface area contributed by atoms with Gasteiger partial charge in [0.15, 0.2) is 0 Å². The number of ether oxygens (including phenoxy) is 2. The zero-order chi connectivity index (χ0) is 11.9. The molecule has 17 heavy (non-hydrogen) atoms. The third-order valence-corrected chi connectivity index (χ3v) is 2.71. The standard InChI is InChI=1S/C14H18O3/c15-9-13-7-4-8-14(17-13)11-16-10-12-5-2-1-3-6-12/h1-6,8,13-15H,7,9-11H2/t13-,14+/m1/s1. The van der Waals surface area contributed by atoms with E-state index < -0.39 is 0 Å². The summed E-state index contributed by atoms with van der Waals surface area (Å²) in [5.41, 5.74) is 1.16. The number of aliphatic hydroxyl groups is 1. The summed E-state index contributed by atoms with van der Waals surface area (Å²) in [6.45, 7) is 1.19. The maximum atomic E-state index is 9.01. The summed E-state index contributed by atoms with van der Waals surface area (Å²) in [7, 11) is 0. The Hall–Kier alpha value is -1.16. The van der Waals surface area contributed by atoms with E-state index in [1.54, 1.807) is 0 Å². The lowest BCUT2D eigenvalue weighted by Crippen LogP contribution is -2.29. The minimum absolute atomic E-state index is 0.0374. The van der Waals surface area contributed by atoms with Crippen LogP contribution in [0.25, 0.3) is 0 Å². The van der Waals surface area contributed by atoms with Crippen molar-refractivity contribution in [3.63, 3.8) is 0 Å². The Labute approximate surface area is 102 Å². The molecule has 3 heteroatoms. The Morgan fingerprint density at radius 1 is 1.29 bits per heavy atom. The van der Waals surface area contributed by atoms with Crippen LogP contribution >= 0.6 is 0 Å². The number of rotatable bonds is 5. The van der Waals surface area contributed by atoms with E-state index in [-0.39, 0.29) is 18.8 Å². The normalized spacial score (nSPS) is 23.8. The lowest BCUT2D eigenvalue weighted by molar-refractivity contribution is -0.0611.